The van der Waals surface area contributed by atoms with Crippen LogP contribution in [0.3, 0.4) is 0 Å². The molecule has 1 aromatic carbocycles. The number of aromatic nitrogens is 2. The van der Waals surface area contributed by atoms with Gasteiger partial charge in [0.25, 0.3) is 0 Å². The number of nitrogens with zero attached hydrogens (tertiary/aromatic N) is 2. The van der Waals surface area contributed by atoms with Gasteiger partial charge in [-0.15, -0.1) is 0 Å². The molecule has 6 heteroatoms. The Morgan fingerprint density at radius 1 is 1.39 bits per heavy atom. The molecule has 0 aliphatic heterocycles. The second kappa shape index (κ2) is 7.17. The van der Waals surface area contributed by atoms with Crippen LogP contribution in [0.5, 0.6) is 5.75 Å². The van der Waals surface area contributed by atoms with Crippen LogP contribution in [0.15, 0.2) is 22.7 Å². The van der Waals surface area contributed by atoms with Crippen molar-refractivity contribution in [3.8, 4) is 5.75 Å². The second-order valence-corrected chi connectivity index (χ2v) is 6.53. The van der Waals surface area contributed by atoms with Crippen molar-refractivity contribution in [2.45, 2.75) is 34.2 Å². The van der Waals surface area contributed by atoms with Crippen molar-refractivity contribution in [1.29, 1.82) is 0 Å². The monoisotopic (exact) mass is 379 g/mol. The summed E-state index contributed by atoms with van der Waals surface area (Å²) in [4.78, 5) is 12.4. The Labute approximate surface area is 145 Å². The largest absolute Gasteiger partial charge is 0.497 e. The zero-order valence-electron chi connectivity index (χ0n) is 14.1. The summed E-state index contributed by atoms with van der Waals surface area (Å²) in [5, 5.41) is 7.43. The van der Waals surface area contributed by atoms with E-state index < -0.39 is 0 Å². The van der Waals surface area contributed by atoms with E-state index >= 15 is 0 Å². The van der Waals surface area contributed by atoms with Crippen LogP contribution in [0.4, 0.5) is 5.69 Å². The Morgan fingerprint density at radius 3 is 2.61 bits per heavy atom. The lowest BCUT2D eigenvalue weighted by atomic mass is 10.1. The van der Waals surface area contributed by atoms with Crippen molar-refractivity contribution in [2.24, 2.45) is 5.92 Å². The van der Waals surface area contributed by atoms with Crippen LogP contribution in [-0.4, -0.2) is 22.8 Å². The molecule has 124 valence electrons. The third-order valence-electron chi connectivity index (χ3n) is 3.88. The van der Waals surface area contributed by atoms with Gasteiger partial charge < -0.3 is 10.1 Å². The summed E-state index contributed by atoms with van der Waals surface area (Å²) >= 11 is 3.51. The van der Waals surface area contributed by atoms with Gasteiger partial charge in [-0.25, -0.2) is 0 Å². The van der Waals surface area contributed by atoms with E-state index in [4.69, 9.17) is 4.74 Å². The third kappa shape index (κ3) is 3.93. The predicted octanol–water partition coefficient (Wildman–Crippen LogP) is 3.85. The molecule has 0 saturated heterocycles. The van der Waals surface area contributed by atoms with Gasteiger partial charge >= 0.3 is 0 Å². The van der Waals surface area contributed by atoms with Gasteiger partial charge in [0, 0.05) is 11.4 Å². The number of hydrogen-bond donors (Lipinski definition) is 1. The predicted molar refractivity (Wildman–Crippen MR) is 94.9 cm³/mol. The average Bonchev–Trinajstić information content (AvgIpc) is 2.76. The molecule has 5 nitrogen and oxygen atoms in total. The van der Waals surface area contributed by atoms with Gasteiger partial charge in [-0.2, -0.15) is 5.10 Å². The highest BCUT2D eigenvalue weighted by Gasteiger charge is 2.18. The summed E-state index contributed by atoms with van der Waals surface area (Å²) in [6, 6.07) is 5.60. The number of aryl methyl sites for hydroxylation is 2. The molecule has 2 aromatic rings. The zero-order valence-corrected chi connectivity index (χ0v) is 15.7. The molecule has 1 N–H and O–H groups in total. The maximum Gasteiger partial charge on any atom is 0.229 e. The van der Waals surface area contributed by atoms with Crippen molar-refractivity contribution < 1.29 is 9.53 Å². The minimum atomic E-state index is -0.193. The first-order valence-electron chi connectivity index (χ1n) is 7.48. The van der Waals surface area contributed by atoms with E-state index in [1.165, 1.54) is 0 Å². The van der Waals surface area contributed by atoms with Gasteiger partial charge in [0.05, 0.1) is 29.7 Å². The number of hydrogen-bond acceptors (Lipinski definition) is 3. The van der Waals surface area contributed by atoms with Crippen LogP contribution in [0.25, 0.3) is 0 Å². The van der Waals surface area contributed by atoms with Crippen molar-refractivity contribution in [3.63, 3.8) is 0 Å². The highest BCUT2D eigenvalue weighted by Crippen LogP contribution is 2.23. The lowest BCUT2D eigenvalue weighted by Gasteiger charge is -2.15. The van der Waals surface area contributed by atoms with E-state index in [0.717, 1.165) is 32.9 Å². The number of amides is 1. The molecule has 0 bridgehead atoms. The van der Waals surface area contributed by atoms with Crippen LogP contribution in [0, 0.1) is 26.7 Å². The molecule has 1 aromatic heterocycles. The number of ether oxygens (including phenoxy) is 1. The van der Waals surface area contributed by atoms with Gasteiger partial charge in [-0.1, -0.05) is 6.92 Å². The van der Waals surface area contributed by atoms with Crippen LogP contribution in [0.1, 0.15) is 23.9 Å². The van der Waals surface area contributed by atoms with Gasteiger partial charge in [0.2, 0.25) is 5.91 Å². The number of carbonyl (C=O) groups is 1. The number of methoxy groups -OCH3 is 1. The number of nitrogens with one attached hydrogen (secondary N) is 1. The molecule has 2 rings (SSSR count). The maximum absolute atomic E-state index is 12.4. The first-order valence-corrected chi connectivity index (χ1v) is 8.27. The normalized spacial score (nSPS) is 12.1. The smallest absolute Gasteiger partial charge is 0.229 e. The van der Waals surface area contributed by atoms with Crippen LogP contribution in [0.2, 0.25) is 0 Å². The molecule has 0 radical (unpaired) electrons. The lowest BCUT2D eigenvalue weighted by Crippen LogP contribution is -2.25. The molecule has 0 aliphatic rings. The summed E-state index contributed by atoms with van der Waals surface area (Å²) in [6.07, 6.45) is 0. The van der Waals surface area contributed by atoms with Crippen LogP contribution < -0.4 is 10.1 Å². The Balaban J connectivity index is 2.06. The summed E-state index contributed by atoms with van der Waals surface area (Å²) in [5.74, 6) is 0.560. The Hall–Kier alpha value is -1.82. The quantitative estimate of drug-likeness (QED) is 0.857. The molecular weight excluding hydrogens is 358 g/mol. The highest BCUT2D eigenvalue weighted by atomic mass is 79.9. The molecule has 0 fully saturated rings. The minimum Gasteiger partial charge on any atom is -0.497 e. The van der Waals surface area contributed by atoms with Gasteiger partial charge in [-0.05, 0) is 60.5 Å². The Bertz CT molecular complexity index is 725. The second-order valence-electron chi connectivity index (χ2n) is 5.74. The first-order chi connectivity index (χ1) is 10.8. The summed E-state index contributed by atoms with van der Waals surface area (Å²) in [5.41, 5.74) is 3.74. The Morgan fingerprint density at radius 2 is 2.09 bits per heavy atom. The van der Waals surface area contributed by atoms with E-state index in [1.807, 2.05) is 50.6 Å². The van der Waals surface area contributed by atoms with Gasteiger partial charge in [0.1, 0.15) is 5.75 Å². The topological polar surface area (TPSA) is 56.1 Å². The van der Waals surface area contributed by atoms with Crippen molar-refractivity contribution in [2.75, 3.05) is 12.4 Å². The molecule has 1 amide bonds. The van der Waals surface area contributed by atoms with Crippen LogP contribution >= 0.6 is 15.9 Å². The van der Waals surface area contributed by atoms with Crippen molar-refractivity contribution in [3.05, 3.63) is 39.6 Å². The Kier molecular flexibility index (Phi) is 5.46. The number of halogens is 1. The van der Waals surface area contributed by atoms with E-state index in [2.05, 4.69) is 26.3 Å². The molecule has 0 unspecified atom stereocenters. The molecule has 1 atom stereocenters. The summed E-state index contributed by atoms with van der Waals surface area (Å²) in [7, 11) is 1.63. The molecule has 0 saturated carbocycles. The van der Waals surface area contributed by atoms with E-state index in [9.17, 15) is 4.79 Å². The summed E-state index contributed by atoms with van der Waals surface area (Å²) in [6.45, 7) is 8.32. The number of anilines is 1. The third-order valence-corrected chi connectivity index (χ3v) is 5.03. The molecule has 1 heterocycles. The minimum absolute atomic E-state index is 0.0260. The highest BCUT2D eigenvalue weighted by molar-refractivity contribution is 9.10. The lowest BCUT2D eigenvalue weighted by molar-refractivity contribution is -0.119. The van der Waals surface area contributed by atoms with Crippen molar-refractivity contribution >= 4 is 27.5 Å². The SMILES string of the molecule is COc1ccc(NC(=O)[C@@H](C)Cn2nc(C)c(Br)c2C)c(C)c1. The van der Waals surface area contributed by atoms with E-state index in [0.29, 0.717) is 6.54 Å². The average molecular weight is 380 g/mol. The molecular formula is C17H22BrN3O2. The van der Waals surface area contributed by atoms with Gasteiger partial charge in [0.15, 0.2) is 0 Å². The first kappa shape index (κ1) is 17.5. The molecule has 0 spiro atoms. The number of rotatable bonds is 5. The number of carbonyl (C=O) groups excluding carboxylic acids is 1. The fourth-order valence-electron chi connectivity index (χ4n) is 2.35. The summed E-state index contributed by atoms with van der Waals surface area (Å²) < 4.78 is 8.04. The molecule has 23 heavy (non-hydrogen) atoms. The zero-order chi connectivity index (χ0) is 17.1. The van der Waals surface area contributed by atoms with E-state index in [-0.39, 0.29) is 11.8 Å². The fraction of sp³-hybridized carbons (Fsp3) is 0.412. The maximum atomic E-state index is 12.4. The van der Waals surface area contributed by atoms with E-state index in [1.54, 1.807) is 7.11 Å². The van der Waals surface area contributed by atoms with Gasteiger partial charge in [-0.3, -0.25) is 9.48 Å². The standard InChI is InChI=1S/C17H22BrN3O2/c1-10-8-14(23-5)6-7-15(10)19-17(22)11(2)9-21-13(4)16(18)12(3)20-21/h6-8,11H,9H2,1-5H3,(H,19,22)/t11-/m0/s1. The van der Waals surface area contributed by atoms with Crippen LogP contribution in [-0.2, 0) is 11.3 Å². The van der Waals surface area contributed by atoms with Crippen molar-refractivity contribution in [1.82, 2.24) is 9.78 Å². The number of benzene rings is 1. The molecule has 0 aliphatic carbocycles. The fourth-order valence-corrected chi connectivity index (χ4v) is 2.64.